The van der Waals surface area contributed by atoms with E-state index >= 15 is 0 Å². The number of nitrogens with one attached hydrogen (secondary N) is 1. The number of aromatic nitrogens is 1. The second-order valence-electron chi connectivity index (χ2n) is 3.20. The molecule has 1 aromatic heterocycles. The first-order valence-electron chi connectivity index (χ1n) is 4.46. The van der Waals surface area contributed by atoms with Crippen LogP contribution in [-0.2, 0) is 10.0 Å². The van der Waals surface area contributed by atoms with E-state index < -0.39 is 16.1 Å². The Balaban J connectivity index is 2.87. The SMILES string of the molecule is CC(CC#N)NS(=O)(=O)c1ccc(Cl)nc1. The highest BCUT2D eigenvalue weighted by molar-refractivity contribution is 7.89. The molecule has 0 fully saturated rings. The van der Waals surface area contributed by atoms with Gasteiger partial charge in [0, 0.05) is 12.2 Å². The van der Waals surface area contributed by atoms with E-state index in [0.717, 1.165) is 0 Å². The summed E-state index contributed by atoms with van der Waals surface area (Å²) in [6, 6.07) is 4.20. The van der Waals surface area contributed by atoms with E-state index in [4.69, 9.17) is 16.9 Å². The van der Waals surface area contributed by atoms with Crippen LogP contribution in [0.25, 0.3) is 0 Å². The molecular formula is C9H10ClN3O2S. The van der Waals surface area contributed by atoms with E-state index in [1.54, 1.807) is 6.92 Å². The van der Waals surface area contributed by atoms with Crippen molar-refractivity contribution >= 4 is 21.6 Å². The summed E-state index contributed by atoms with van der Waals surface area (Å²) in [6.45, 7) is 1.62. The Morgan fingerprint density at radius 3 is 2.81 bits per heavy atom. The molecule has 1 aromatic rings. The summed E-state index contributed by atoms with van der Waals surface area (Å²) in [4.78, 5) is 3.71. The van der Waals surface area contributed by atoms with Crippen LogP contribution >= 0.6 is 11.6 Å². The number of pyridine rings is 1. The fraction of sp³-hybridized carbons (Fsp3) is 0.333. The number of rotatable bonds is 4. The van der Waals surface area contributed by atoms with Crippen molar-refractivity contribution in [2.24, 2.45) is 0 Å². The summed E-state index contributed by atoms with van der Waals surface area (Å²) >= 11 is 5.55. The predicted molar refractivity (Wildman–Crippen MR) is 59.3 cm³/mol. The maximum atomic E-state index is 11.7. The molecule has 16 heavy (non-hydrogen) atoms. The summed E-state index contributed by atoms with van der Waals surface area (Å²) in [6.07, 6.45) is 1.28. The van der Waals surface area contributed by atoms with Gasteiger partial charge in [-0.3, -0.25) is 0 Å². The van der Waals surface area contributed by atoms with Crippen LogP contribution in [0.2, 0.25) is 5.15 Å². The first-order valence-corrected chi connectivity index (χ1v) is 6.32. The lowest BCUT2D eigenvalue weighted by atomic mass is 10.3. The van der Waals surface area contributed by atoms with Gasteiger partial charge in [-0.15, -0.1) is 0 Å². The molecule has 0 radical (unpaired) electrons. The van der Waals surface area contributed by atoms with Gasteiger partial charge in [-0.05, 0) is 19.1 Å². The van der Waals surface area contributed by atoms with Crippen LogP contribution in [0.1, 0.15) is 13.3 Å². The van der Waals surface area contributed by atoms with Crippen molar-refractivity contribution in [2.75, 3.05) is 0 Å². The molecule has 1 rings (SSSR count). The Labute approximate surface area is 99.1 Å². The van der Waals surface area contributed by atoms with E-state index in [1.807, 2.05) is 6.07 Å². The van der Waals surface area contributed by atoms with Gasteiger partial charge in [0.15, 0.2) is 0 Å². The molecule has 86 valence electrons. The topological polar surface area (TPSA) is 82.9 Å². The van der Waals surface area contributed by atoms with Crippen molar-refractivity contribution in [1.29, 1.82) is 5.26 Å². The van der Waals surface area contributed by atoms with Gasteiger partial charge in [0.2, 0.25) is 10.0 Å². The summed E-state index contributed by atoms with van der Waals surface area (Å²) in [5.74, 6) is 0. The second kappa shape index (κ2) is 5.25. The molecule has 1 atom stereocenters. The minimum atomic E-state index is -3.62. The fourth-order valence-electron chi connectivity index (χ4n) is 1.03. The molecule has 0 amide bonds. The molecule has 0 saturated carbocycles. The zero-order valence-electron chi connectivity index (χ0n) is 8.51. The van der Waals surface area contributed by atoms with Crippen LogP contribution in [0, 0.1) is 11.3 Å². The van der Waals surface area contributed by atoms with E-state index in [1.165, 1.54) is 18.3 Å². The van der Waals surface area contributed by atoms with Crippen LogP contribution in [0.15, 0.2) is 23.2 Å². The van der Waals surface area contributed by atoms with E-state index in [-0.39, 0.29) is 16.5 Å². The third-order valence-electron chi connectivity index (χ3n) is 1.76. The molecule has 0 saturated heterocycles. The largest absolute Gasteiger partial charge is 0.243 e. The number of hydrogen-bond acceptors (Lipinski definition) is 4. The van der Waals surface area contributed by atoms with Crippen molar-refractivity contribution in [3.8, 4) is 6.07 Å². The Kier molecular flexibility index (Phi) is 4.24. The van der Waals surface area contributed by atoms with Crippen molar-refractivity contribution in [1.82, 2.24) is 9.71 Å². The third kappa shape index (κ3) is 3.45. The molecule has 1 N–H and O–H groups in total. The lowest BCUT2D eigenvalue weighted by Gasteiger charge is -2.10. The van der Waals surface area contributed by atoms with Crippen LogP contribution in [0.3, 0.4) is 0 Å². The standard InChI is InChI=1S/C9H10ClN3O2S/c1-7(4-5-11)13-16(14,15)8-2-3-9(10)12-6-8/h2-3,6-7,13H,4H2,1H3. The Morgan fingerprint density at radius 2 is 2.31 bits per heavy atom. The minimum Gasteiger partial charge on any atom is -0.243 e. The van der Waals surface area contributed by atoms with Crippen LogP contribution < -0.4 is 4.72 Å². The first kappa shape index (κ1) is 12.9. The molecule has 7 heteroatoms. The van der Waals surface area contributed by atoms with E-state index in [2.05, 4.69) is 9.71 Å². The number of nitriles is 1. The highest BCUT2D eigenvalue weighted by Crippen LogP contribution is 2.11. The van der Waals surface area contributed by atoms with Crippen molar-refractivity contribution in [3.05, 3.63) is 23.5 Å². The molecule has 0 bridgehead atoms. The molecular weight excluding hydrogens is 250 g/mol. The molecule has 0 aliphatic heterocycles. The summed E-state index contributed by atoms with van der Waals surface area (Å²) in [5.41, 5.74) is 0. The van der Waals surface area contributed by atoms with Gasteiger partial charge in [0.05, 0.1) is 12.5 Å². The van der Waals surface area contributed by atoms with Gasteiger partial charge in [-0.25, -0.2) is 18.1 Å². The van der Waals surface area contributed by atoms with Crippen LogP contribution in [0.4, 0.5) is 0 Å². The number of nitrogens with zero attached hydrogens (tertiary/aromatic N) is 2. The normalized spacial score (nSPS) is 13.1. The summed E-state index contributed by atoms with van der Waals surface area (Å²) in [7, 11) is -3.62. The van der Waals surface area contributed by atoms with Gasteiger partial charge in [-0.1, -0.05) is 11.6 Å². The number of sulfonamides is 1. The van der Waals surface area contributed by atoms with Gasteiger partial charge < -0.3 is 0 Å². The molecule has 0 aliphatic rings. The monoisotopic (exact) mass is 259 g/mol. The maximum absolute atomic E-state index is 11.7. The average Bonchev–Trinajstić information content (AvgIpc) is 2.17. The maximum Gasteiger partial charge on any atom is 0.242 e. The summed E-state index contributed by atoms with van der Waals surface area (Å²) < 4.78 is 25.8. The molecule has 5 nitrogen and oxygen atoms in total. The number of halogens is 1. The van der Waals surface area contributed by atoms with Crippen LogP contribution in [0.5, 0.6) is 0 Å². The predicted octanol–water partition coefficient (Wildman–Crippen LogP) is 1.32. The van der Waals surface area contributed by atoms with Crippen molar-refractivity contribution < 1.29 is 8.42 Å². The molecule has 0 spiro atoms. The van der Waals surface area contributed by atoms with E-state index in [0.29, 0.717) is 0 Å². The number of hydrogen-bond donors (Lipinski definition) is 1. The van der Waals surface area contributed by atoms with Crippen molar-refractivity contribution in [3.63, 3.8) is 0 Å². The highest BCUT2D eigenvalue weighted by atomic mass is 35.5. The molecule has 1 unspecified atom stereocenters. The van der Waals surface area contributed by atoms with Gasteiger partial charge in [0.25, 0.3) is 0 Å². The summed E-state index contributed by atoms with van der Waals surface area (Å²) in [5, 5.41) is 8.65. The smallest absolute Gasteiger partial charge is 0.242 e. The average molecular weight is 260 g/mol. The second-order valence-corrected chi connectivity index (χ2v) is 5.30. The molecule has 1 heterocycles. The van der Waals surface area contributed by atoms with Gasteiger partial charge in [0.1, 0.15) is 10.0 Å². The van der Waals surface area contributed by atoms with Crippen molar-refractivity contribution in [2.45, 2.75) is 24.3 Å². The Bertz CT molecular complexity index is 492. The molecule has 0 aromatic carbocycles. The quantitative estimate of drug-likeness (QED) is 0.827. The third-order valence-corrected chi connectivity index (χ3v) is 3.56. The van der Waals surface area contributed by atoms with Gasteiger partial charge >= 0.3 is 0 Å². The Hall–Kier alpha value is -1.16. The Morgan fingerprint density at radius 1 is 1.62 bits per heavy atom. The van der Waals surface area contributed by atoms with E-state index in [9.17, 15) is 8.42 Å². The minimum absolute atomic E-state index is 0.0293. The lowest BCUT2D eigenvalue weighted by molar-refractivity contribution is 0.563. The zero-order valence-corrected chi connectivity index (χ0v) is 10.1. The lowest BCUT2D eigenvalue weighted by Crippen LogP contribution is -2.32. The molecule has 0 aliphatic carbocycles. The zero-order chi connectivity index (χ0) is 12.2. The highest BCUT2D eigenvalue weighted by Gasteiger charge is 2.17. The van der Waals surface area contributed by atoms with Crippen LogP contribution in [-0.4, -0.2) is 19.4 Å². The fourth-order valence-corrected chi connectivity index (χ4v) is 2.33. The van der Waals surface area contributed by atoms with Gasteiger partial charge in [-0.2, -0.15) is 5.26 Å². The first-order chi connectivity index (χ1) is 7.45.